The number of Topliss-reactive ketones (excluding diaryl/α,β-unsaturated/α-hetero) is 1. The smallest absolute Gasteiger partial charge is 0.270 e. The predicted molar refractivity (Wildman–Crippen MR) is 77.2 cm³/mol. The summed E-state index contributed by atoms with van der Waals surface area (Å²) in [5.74, 6) is -0.146. The number of nitro benzene ring substituents is 1. The molecule has 0 saturated carbocycles. The summed E-state index contributed by atoms with van der Waals surface area (Å²) in [7, 11) is 0. The molecule has 0 aliphatic carbocycles. The van der Waals surface area contributed by atoms with Crippen molar-refractivity contribution in [3.63, 3.8) is 0 Å². The molecule has 0 bridgehead atoms. The van der Waals surface area contributed by atoms with Gasteiger partial charge in [0.25, 0.3) is 5.69 Å². The molecule has 2 N–H and O–H groups in total. The molecule has 1 aromatic carbocycles. The van der Waals surface area contributed by atoms with Crippen molar-refractivity contribution >= 4 is 11.5 Å². The maximum Gasteiger partial charge on any atom is 0.270 e. The zero-order chi connectivity index (χ0) is 14.7. The molecule has 22 heavy (non-hydrogen) atoms. The SMILES string of the molecule is Cc1ccc[n+](CC(=O)c2cccc([N+](=O)[O-])c2)c1C.O.[Br-]. The van der Waals surface area contributed by atoms with E-state index in [4.69, 9.17) is 0 Å². The molecular formula is C15H17BrN2O4. The number of nitro groups is 1. The molecule has 2 rings (SSSR count). The summed E-state index contributed by atoms with van der Waals surface area (Å²) in [6, 6.07) is 9.67. The van der Waals surface area contributed by atoms with Crippen LogP contribution in [-0.2, 0) is 6.54 Å². The predicted octanol–water partition coefficient (Wildman–Crippen LogP) is -1.44. The highest BCUT2D eigenvalue weighted by Crippen LogP contribution is 2.13. The Morgan fingerprint density at radius 1 is 1.23 bits per heavy atom. The molecule has 0 fully saturated rings. The van der Waals surface area contributed by atoms with Gasteiger partial charge in [0.15, 0.2) is 11.9 Å². The molecule has 0 aliphatic rings. The summed E-state index contributed by atoms with van der Waals surface area (Å²) in [6.45, 7) is 4.09. The van der Waals surface area contributed by atoms with E-state index in [0.29, 0.717) is 5.56 Å². The first-order chi connectivity index (χ1) is 9.49. The van der Waals surface area contributed by atoms with Gasteiger partial charge in [-0.1, -0.05) is 12.1 Å². The fourth-order valence-electron chi connectivity index (χ4n) is 1.96. The van der Waals surface area contributed by atoms with Crippen molar-refractivity contribution in [2.75, 3.05) is 0 Å². The van der Waals surface area contributed by atoms with E-state index in [1.54, 1.807) is 6.07 Å². The minimum Gasteiger partial charge on any atom is -1.00 e. The van der Waals surface area contributed by atoms with E-state index in [2.05, 4.69) is 0 Å². The summed E-state index contributed by atoms with van der Waals surface area (Å²) in [5.41, 5.74) is 2.39. The van der Waals surface area contributed by atoms with E-state index < -0.39 is 4.92 Å². The highest BCUT2D eigenvalue weighted by molar-refractivity contribution is 5.95. The van der Waals surface area contributed by atoms with E-state index in [9.17, 15) is 14.9 Å². The number of benzene rings is 1. The van der Waals surface area contributed by atoms with Crippen molar-refractivity contribution in [2.24, 2.45) is 0 Å². The van der Waals surface area contributed by atoms with Gasteiger partial charge >= 0.3 is 0 Å². The Bertz CT molecular complexity index is 689. The van der Waals surface area contributed by atoms with Gasteiger partial charge in [-0.05, 0) is 13.0 Å². The third kappa shape index (κ3) is 4.44. The van der Waals surface area contributed by atoms with Crippen LogP contribution in [0.2, 0.25) is 0 Å². The summed E-state index contributed by atoms with van der Waals surface area (Å²) in [4.78, 5) is 22.4. The van der Waals surface area contributed by atoms with Crippen LogP contribution in [0.4, 0.5) is 5.69 Å². The van der Waals surface area contributed by atoms with Crippen LogP contribution in [0.15, 0.2) is 42.6 Å². The lowest BCUT2D eigenvalue weighted by molar-refractivity contribution is -0.689. The minimum atomic E-state index is -0.498. The number of aromatic nitrogens is 1. The number of nitrogens with zero attached hydrogens (tertiary/aromatic N) is 2. The summed E-state index contributed by atoms with van der Waals surface area (Å²) >= 11 is 0. The monoisotopic (exact) mass is 368 g/mol. The maximum absolute atomic E-state index is 12.2. The third-order valence-electron chi connectivity index (χ3n) is 3.31. The highest BCUT2D eigenvalue weighted by Gasteiger charge is 2.17. The number of pyridine rings is 1. The van der Waals surface area contributed by atoms with Crippen molar-refractivity contribution < 1.29 is 36.7 Å². The van der Waals surface area contributed by atoms with Gasteiger partial charge < -0.3 is 22.5 Å². The van der Waals surface area contributed by atoms with E-state index in [1.165, 1.54) is 18.2 Å². The largest absolute Gasteiger partial charge is 1.00 e. The normalized spacial score (nSPS) is 9.36. The second kappa shape index (κ2) is 8.35. The van der Waals surface area contributed by atoms with Gasteiger partial charge in [-0.15, -0.1) is 0 Å². The van der Waals surface area contributed by atoms with Crippen LogP contribution < -0.4 is 21.5 Å². The lowest BCUT2D eigenvalue weighted by Gasteiger charge is -2.02. The number of rotatable bonds is 4. The highest BCUT2D eigenvalue weighted by atomic mass is 79.9. The standard InChI is InChI=1S/C15H15N2O3.BrH.H2O/c1-11-5-4-8-16(12(11)2)10-15(18)13-6-3-7-14(9-13)17(19)20;;/h3-9H,10H2,1-2H3;1H;1H2/q+1;;/p-1. The Balaban J connectivity index is 0.00000220. The lowest BCUT2D eigenvalue weighted by atomic mass is 10.1. The van der Waals surface area contributed by atoms with E-state index in [-0.39, 0.29) is 40.5 Å². The minimum absolute atomic E-state index is 0. The van der Waals surface area contributed by atoms with Crippen molar-refractivity contribution in [1.82, 2.24) is 0 Å². The average molecular weight is 369 g/mol. The Hall–Kier alpha value is -2.12. The first-order valence-electron chi connectivity index (χ1n) is 6.22. The molecular weight excluding hydrogens is 352 g/mol. The lowest BCUT2D eigenvalue weighted by Crippen LogP contribution is -3.00. The van der Waals surface area contributed by atoms with Gasteiger partial charge in [-0.25, -0.2) is 0 Å². The Kier molecular flexibility index (Phi) is 7.55. The zero-order valence-electron chi connectivity index (χ0n) is 12.2. The summed E-state index contributed by atoms with van der Waals surface area (Å²) in [5, 5.41) is 10.7. The van der Waals surface area contributed by atoms with E-state index in [1.807, 2.05) is 36.7 Å². The Morgan fingerprint density at radius 3 is 2.55 bits per heavy atom. The molecule has 118 valence electrons. The Morgan fingerprint density at radius 2 is 1.91 bits per heavy atom. The molecule has 7 heteroatoms. The van der Waals surface area contributed by atoms with Gasteiger partial charge in [-0.2, -0.15) is 4.57 Å². The fourth-order valence-corrected chi connectivity index (χ4v) is 1.96. The molecule has 0 atom stereocenters. The second-order valence-electron chi connectivity index (χ2n) is 4.64. The first kappa shape index (κ1) is 19.9. The van der Waals surface area contributed by atoms with Gasteiger partial charge in [0, 0.05) is 36.2 Å². The topological polar surface area (TPSA) is 95.6 Å². The third-order valence-corrected chi connectivity index (χ3v) is 3.31. The van der Waals surface area contributed by atoms with Gasteiger partial charge in [-0.3, -0.25) is 14.9 Å². The van der Waals surface area contributed by atoms with Crippen LogP contribution >= 0.6 is 0 Å². The molecule has 0 amide bonds. The number of carbonyl (C=O) groups is 1. The van der Waals surface area contributed by atoms with Crippen molar-refractivity contribution in [3.8, 4) is 0 Å². The van der Waals surface area contributed by atoms with Crippen LogP contribution in [0.25, 0.3) is 0 Å². The van der Waals surface area contributed by atoms with Gasteiger partial charge in [0.05, 0.1) is 4.92 Å². The number of ketones is 1. The van der Waals surface area contributed by atoms with E-state index >= 15 is 0 Å². The molecule has 2 aromatic rings. The molecule has 0 radical (unpaired) electrons. The number of halogens is 1. The summed E-state index contributed by atoms with van der Waals surface area (Å²) in [6.07, 6.45) is 1.83. The number of non-ortho nitro benzene ring substituents is 1. The van der Waals surface area contributed by atoms with Gasteiger partial charge in [0.1, 0.15) is 0 Å². The average Bonchev–Trinajstić information content (AvgIpc) is 2.44. The van der Waals surface area contributed by atoms with Crippen LogP contribution in [-0.4, -0.2) is 16.2 Å². The van der Waals surface area contributed by atoms with Crippen molar-refractivity contribution in [1.29, 1.82) is 0 Å². The first-order valence-corrected chi connectivity index (χ1v) is 6.22. The van der Waals surface area contributed by atoms with Crippen LogP contribution in [0.5, 0.6) is 0 Å². The molecule has 1 heterocycles. The van der Waals surface area contributed by atoms with Crippen molar-refractivity contribution in [3.05, 3.63) is 69.5 Å². The van der Waals surface area contributed by atoms with Crippen LogP contribution in [0.1, 0.15) is 21.6 Å². The van der Waals surface area contributed by atoms with Gasteiger partial charge in [0.2, 0.25) is 12.3 Å². The van der Waals surface area contributed by atoms with E-state index in [0.717, 1.165) is 11.3 Å². The number of aryl methyl sites for hydroxylation is 1. The van der Waals surface area contributed by atoms with Crippen LogP contribution in [0, 0.1) is 24.0 Å². The summed E-state index contributed by atoms with van der Waals surface area (Å²) < 4.78 is 1.84. The zero-order valence-corrected chi connectivity index (χ0v) is 13.8. The van der Waals surface area contributed by atoms with Crippen LogP contribution in [0.3, 0.4) is 0 Å². The number of hydrogen-bond donors (Lipinski definition) is 0. The quantitative estimate of drug-likeness (QED) is 0.286. The fraction of sp³-hybridized carbons (Fsp3) is 0.200. The molecule has 0 saturated heterocycles. The molecule has 0 spiro atoms. The maximum atomic E-state index is 12.2. The molecule has 0 unspecified atom stereocenters. The number of hydrogen-bond acceptors (Lipinski definition) is 3. The van der Waals surface area contributed by atoms with Crippen molar-refractivity contribution in [2.45, 2.75) is 20.4 Å². The molecule has 6 nitrogen and oxygen atoms in total. The second-order valence-corrected chi connectivity index (χ2v) is 4.64. The Labute approximate surface area is 138 Å². The molecule has 0 aliphatic heterocycles. The molecule has 1 aromatic heterocycles. The number of carbonyl (C=O) groups excluding carboxylic acids is 1.